The molecule has 0 atom stereocenters. The maximum Gasteiger partial charge on any atom is 0.416 e. The fourth-order valence-electron chi connectivity index (χ4n) is 4.45. The summed E-state index contributed by atoms with van der Waals surface area (Å²) in [4.78, 5) is 6.22. The molecule has 0 N–H and O–H groups in total. The van der Waals surface area contributed by atoms with E-state index in [1.165, 1.54) is 0 Å². The van der Waals surface area contributed by atoms with Crippen LogP contribution in [0.25, 0.3) is 0 Å². The number of methoxy groups -OCH3 is 1. The number of nitrogens with zero attached hydrogens (tertiary/aromatic N) is 2. The van der Waals surface area contributed by atoms with E-state index >= 15 is 0 Å². The summed E-state index contributed by atoms with van der Waals surface area (Å²) in [5.74, 6) is 1.20. The molecule has 0 fully saturated rings. The molecule has 0 unspecified atom stereocenters. The molecule has 0 aromatic heterocycles. The van der Waals surface area contributed by atoms with Crippen LogP contribution in [-0.4, -0.2) is 30.9 Å². The molecule has 202 valence electrons. The summed E-state index contributed by atoms with van der Waals surface area (Å²) in [7, 11) is 1.58. The van der Waals surface area contributed by atoms with Crippen LogP contribution in [0, 0.1) is 0 Å². The van der Waals surface area contributed by atoms with Gasteiger partial charge in [0, 0.05) is 28.1 Å². The minimum Gasteiger partial charge on any atom is -0.496 e. The number of hydrogen-bond donors (Lipinski definition) is 0. The smallest absolute Gasteiger partial charge is 0.416 e. The molecule has 3 aromatic rings. The Morgan fingerprint density at radius 1 is 0.947 bits per heavy atom. The molecule has 0 saturated heterocycles. The lowest BCUT2D eigenvalue weighted by Gasteiger charge is -2.24. The number of hydrogen-bond acceptors (Lipinski definition) is 3. The number of halogens is 8. The standard InChI is InChI=1S/C27H22BrClF6N2O/c1-38-24-8-6-20(28)13-17(24)5-7-21-22(3-2-4-23(21)29)25-36-9-10-37(25)15-16-11-18(26(30,31)32)14-19(12-16)27(33,34)35/h2-4,6,8,11-14H,5,7,9-10,15H2,1H3. The third-order valence-corrected chi connectivity index (χ3v) is 7.05. The number of benzene rings is 3. The van der Waals surface area contributed by atoms with Gasteiger partial charge in [-0.25, -0.2) is 0 Å². The monoisotopic (exact) mass is 618 g/mol. The van der Waals surface area contributed by atoms with Crippen molar-refractivity contribution in [2.75, 3.05) is 20.2 Å². The molecule has 1 aliphatic heterocycles. The Bertz CT molecular complexity index is 1320. The van der Waals surface area contributed by atoms with Crippen LogP contribution < -0.4 is 4.74 Å². The molecule has 0 spiro atoms. The van der Waals surface area contributed by atoms with E-state index in [1.807, 2.05) is 24.3 Å². The first-order valence-electron chi connectivity index (χ1n) is 11.5. The van der Waals surface area contributed by atoms with Crippen molar-refractivity contribution in [1.29, 1.82) is 0 Å². The van der Waals surface area contributed by atoms with Crippen LogP contribution in [0.15, 0.2) is 64.1 Å². The van der Waals surface area contributed by atoms with Crippen LogP contribution in [0.1, 0.15) is 33.4 Å². The number of ether oxygens (including phenoxy) is 1. The van der Waals surface area contributed by atoms with Crippen LogP contribution in [0.5, 0.6) is 5.75 Å². The van der Waals surface area contributed by atoms with Gasteiger partial charge in [-0.15, -0.1) is 0 Å². The zero-order valence-electron chi connectivity index (χ0n) is 20.1. The van der Waals surface area contributed by atoms with Gasteiger partial charge in [-0.05, 0) is 72.0 Å². The molecule has 0 bridgehead atoms. The number of aliphatic imine (C=N–C) groups is 1. The van der Waals surface area contributed by atoms with E-state index < -0.39 is 23.5 Å². The SMILES string of the molecule is COc1ccc(Br)cc1CCc1c(Cl)cccc1C1=NCCN1Cc1cc(C(F)(F)F)cc(C(F)(F)F)c1. The predicted octanol–water partition coefficient (Wildman–Crippen LogP) is 8.20. The van der Waals surface area contributed by atoms with Gasteiger partial charge in [-0.2, -0.15) is 26.3 Å². The molecular weight excluding hydrogens is 598 g/mol. The third kappa shape index (κ3) is 6.46. The summed E-state index contributed by atoms with van der Waals surface area (Å²) in [6.07, 6.45) is -8.73. The quantitative estimate of drug-likeness (QED) is 0.249. The summed E-state index contributed by atoms with van der Waals surface area (Å²) >= 11 is 10.0. The Labute approximate surface area is 229 Å². The Balaban J connectivity index is 1.64. The number of rotatable bonds is 7. The van der Waals surface area contributed by atoms with E-state index in [2.05, 4.69) is 20.9 Å². The van der Waals surface area contributed by atoms with E-state index in [1.54, 1.807) is 24.1 Å². The molecule has 4 rings (SSSR count). The van der Waals surface area contributed by atoms with Crippen LogP contribution in [-0.2, 0) is 31.7 Å². The molecule has 1 aliphatic rings. The Hall–Kier alpha value is -2.72. The maximum atomic E-state index is 13.4. The first-order valence-corrected chi connectivity index (χ1v) is 12.7. The van der Waals surface area contributed by atoms with Crippen molar-refractivity contribution in [3.05, 3.63) is 97.5 Å². The average molecular weight is 620 g/mol. The number of aryl methyl sites for hydroxylation is 1. The Kier molecular flexibility index (Phi) is 8.32. The van der Waals surface area contributed by atoms with Crippen molar-refractivity contribution in [2.24, 2.45) is 4.99 Å². The molecule has 0 aliphatic carbocycles. The highest BCUT2D eigenvalue weighted by Crippen LogP contribution is 2.37. The first kappa shape index (κ1) is 28.3. The predicted molar refractivity (Wildman–Crippen MR) is 138 cm³/mol. The fraction of sp³-hybridized carbons (Fsp3) is 0.296. The van der Waals surface area contributed by atoms with E-state index in [0.29, 0.717) is 48.1 Å². The number of alkyl halides is 6. The molecule has 0 radical (unpaired) electrons. The molecule has 38 heavy (non-hydrogen) atoms. The van der Waals surface area contributed by atoms with Crippen LogP contribution in [0.2, 0.25) is 5.02 Å². The van der Waals surface area contributed by atoms with Gasteiger partial charge >= 0.3 is 12.4 Å². The van der Waals surface area contributed by atoms with Crippen molar-refractivity contribution < 1.29 is 31.1 Å². The molecule has 0 saturated carbocycles. The van der Waals surface area contributed by atoms with Crippen LogP contribution in [0.4, 0.5) is 26.3 Å². The van der Waals surface area contributed by atoms with Gasteiger partial charge in [-0.3, -0.25) is 4.99 Å². The maximum absolute atomic E-state index is 13.4. The van der Waals surface area contributed by atoms with Gasteiger partial charge in [0.1, 0.15) is 11.6 Å². The normalized spacial score (nSPS) is 14.1. The molecule has 3 nitrogen and oxygen atoms in total. The van der Waals surface area contributed by atoms with E-state index in [9.17, 15) is 26.3 Å². The molecule has 11 heteroatoms. The summed E-state index contributed by atoms with van der Waals surface area (Å²) in [6.45, 7) is 0.529. The van der Waals surface area contributed by atoms with Crippen LogP contribution in [0.3, 0.4) is 0 Å². The molecule has 1 heterocycles. The lowest BCUT2D eigenvalue weighted by Crippen LogP contribution is -2.29. The summed E-state index contributed by atoms with van der Waals surface area (Å²) < 4.78 is 86.5. The third-order valence-electron chi connectivity index (χ3n) is 6.20. The number of amidine groups is 1. The van der Waals surface area contributed by atoms with Gasteiger partial charge in [-0.1, -0.05) is 39.7 Å². The van der Waals surface area contributed by atoms with E-state index in [4.69, 9.17) is 16.3 Å². The molecular formula is C27H22BrClF6N2O. The zero-order chi connectivity index (χ0) is 27.7. The topological polar surface area (TPSA) is 24.8 Å². The van der Waals surface area contributed by atoms with Gasteiger partial charge in [0.2, 0.25) is 0 Å². The lowest BCUT2D eigenvalue weighted by molar-refractivity contribution is -0.143. The summed E-state index contributed by atoms with van der Waals surface area (Å²) in [6, 6.07) is 12.6. The van der Waals surface area contributed by atoms with E-state index in [0.717, 1.165) is 27.7 Å². The molecule has 3 aromatic carbocycles. The average Bonchev–Trinajstić information content (AvgIpc) is 3.29. The Morgan fingerprint density at radius 3 is 2.26 bits per heavy atom. The lowest BCUT2D eigenvalue weighted by atomic mass is 9.98. The second kappa shape index (κ2) is 11.2. The Morgan fingerprint density at radius 2 is 1.63 bits per heavy atom. The molecule has 0 amide bonds. The van der Waals surface area contributed by atoms with Crippen molar-refractivity contribution >= 4 is 33.4 Å². The van der Waals surface area contributed by atoms with Crippen molar-refractivity contribution in [2.45, 2.75) is 31.7 Å². The minimum absolute atomic E-state index is 0.107. The largest absolute Gasteiger partial charge is 0.496 e. The zero-order valence-corrected chi connectivity index (χ0v) is 22.4. The van der Waals surface area contributed by atoms with Crippen molar-refractivity contribution in [3.8, 4) is 5.75 Å². The first-order chi connectivity index (χ1) is 17.9. The second-order valence-electron chi connectivity index (χ2n) is 8.76. The van der Waals surface area contributed by atoms with Gasteiger partial charge < -0.3 is 9.64 Å². The van der Waals surface area contributed by atoms with Gasteiger partial charge in [0.15, 0.2) is 0 Å². The van der Waals surface area contributed by atoms with Gasteiger partial charge in [0.25, 0.3) is 0 Å². The van der Waals surface area contributed by atoms with Crippen molar-refractivity contribution in [1.82, 2.24) is 4.90 Å². The van der Waals surface area contributed by atoms with Crippen LogP contribution >= 0.6 is 27.5 Å². The highest BCUT2D eigenvalue weighted by Gasteiger charge is 2.37. The minimum atomic E-state index is -4.91. The highest BCUT2D eigenvalue weighted by atomic mass is 79.9. The van der Waals surface area contributed by atoms with Gasteiger partial charge in [0.05, 0.1) is 24.8 Å². The summed E-state index contributed by atoms with van der Waals surface area (Å²) in [5.41, 5.74) is -0.377. The highest BCUT2D eigenvalue weighted by molar-refractivity contribution is 9.10. The second-order valence-corrected chi connectivity index (χ2v) is 10.1. The fourth-order valence-corrected chi connectivity index (χ4v) is 5.12. The van der Waals surface area contributed by atoms with E-state index in [-0.39, 0.29) is 18.2 Å². The summed E-state index contributed by atoms with van der Waals surface area (Å²) in [5, 5.41) is 0.490. The van der Waals surface area contributed by atoms with Crippen molar-refractivity contribution in [3.63, 3.8) is 0 Å².